The van der Waals surface area contributed by atoms with Gasteiger partial charge in [0.05, 0.1) is 0 Å². The molecular formula is C25H34N4O3. The minimum Gasteiger partial charge on any atom is -0.457 e. The number of amides is 3. The van der Waals surface area contributed by atoms with Crippen molar-refractivity contribution in [1.29, 1.82) is 0 Å². The number of hydrogen-bond acceptors (Lipinski definition) is 4. The summed E-state index contributed by atoms with van der Waals surface area (Å²) in [5.41, 5.74) is 0.653. The van der Waals surface area contributed by atoms with Crippen molar-refractivity contribution in [1.82, 2.24) is 15.5 Å². The Morgan fingerprint density at radius 1 is 0.969 bits per heavy atom. The van der Waals surface area contributed by atoms with Gasteiger partial charge in [0.15, 0.2) is 0 Å². The summed E-state index contributed by atoms with van der Waals surface area (Å²) in [5, 5.41) is 8.73. The molecule has 2 aromatic rings. The molecule has 1 heterocycles. The van der Waals surface area contributed by atoms with Gasteiger partial charge in [-0.15, -0.1) is 0 Å². The van der Waals surface area contributed by atoms with Gasteiger partial charge in [0.2, 0.25) is 5.91 Å². The molecule has 2 aromatic carbocycles. The van der Waals surface area contributed by atoms with E-state index in [4.69, 9.17) is 4.74 Å². The van der Waals surface area contributed by atoms with Crippen LogP contribution in [0.5, 0.6) is 11.5 Å². The highest BCUT2D eigenvalue weighted by Crippen LogP contribution is 2.22. The average molecular weight is 439 g/mol. The van der Waals surface area contributed by atoms with Crippen LogP contribution in [0.15, 0.2) is 54.6 Å². The quantitative estimate of drug-likeness (QED) is 0.519. The van der Waals surface area contributed by atoms with Crippen LogP contribution in [0.25, 0.3) is 0 Å². The number of ether oxygens (including phenoxy) is 1. The summed E-state index contributed by atoms with van der Waals surface area (Å²) in [6.45, 7) is 7.76. The molecule has 1 atom stereocenters. The van der Waals surface area contributed by atoms with Crippen molar-refractivity contribution in [2.75, 3.05) is 31.5 Å². The number of carbonyl (C=O) groups excluding carboxylic acids is 2. The first-order valence-electron chi connectivity index (χ1n) is 11.4. The van der Waals surface area contributed by atoms with Gasteiger partial charge in [-0.3, -0.25) is 4.79 Å². The molecule has 3 N–H and O–H groups in total. The SMILES string of the molecule is CC(C)C(CC(=O)NCCN1CCCC1)NC(=O)Nc1ccc(Oc2ccccc2)cc1. The monoisotopic (exact) mass is 438 g/mol. The Balaban J connectivity index is 1.43. The van der Waals surface area contributed by atoms with Crippen molar-refractivity contribution in [3.63, 3.8) is 0 Å². The number of anilines is 1. The van der Waals surface area contributed by atoms with Crippen molar-refractivity contribution in [3.8, 4) is 11.5 Å². The van der Waals surface area contributed by atoms with E-state index in [9.17, 15) is 9.59 Å². The number of rotatable bonds is 10. The standard InChI is InChI=1S/C25H34N4O3/c1-19(2)23(18-24(30)26-14-17-29-15-6-7-16-29)28-25(31)27-20-10-12-22(13-11-20)32-21-8-4-3-5-9-21/h3-5,8-13,19,23H,6-7,14-18H2,1-2H3,(H,26,30)(H2,27,28,31). The zero-order valence-electron chi connectivity index (χ0n) is 19.0. The van der Waals surface area contributed by atoms with E-state index in [1.54, 1.807) is 24.3 Å². The Morgan fingerprint density at radius 3 is 2.28 bits per heavy atom. The first-order valence-corrected chi connectivity index (χ1v) is 11.4. The number of nitrogens with one attached hydrogen (secondary N) is 3. The summed E-state index contributed by atoms with van der Waals surface area (Å²) in [5.74, 6) is 1.54. The molecule has 1 aliphatic heterocycles. The van der Waals surface area contributed by atoms with Crippen LogP contribution in [0.1, 0.15) is 33.1 Å². The molecule has 0 radical (unpaired) electrons. The second-order valence-electron chi connectivity index (χ2n) is 8.49. The van der Waals surface area contributed by atoms with Gasteiger partial charge in [-0.05, 0) is 68.2 Å². The fraction of sp³-hybridized carbons (Fsp3) is 0.440. The van der Waals surface area contributed by atoms with Crippen LogP contribution in [-0.2, 0) is 4.79 Å². The minimum atomic E-state index is -0.328. The topological polar surface area (TPSA) is 82.7 Å². The molecule has 0 spiro atoms. The van der Waals surface area contributed by atoms with Crippen LogP contribution in [0, 0.1) is 5.92 Å². The summed E-state index contributed by atoms with van der Waals surface area (Å²) in [6, 6.07) is 16.1. The molecule has 0 aromatic heterocycles. The maximum absolute atomic E-state index is 12.5. The van der Waals surface area contributed by atoms with E-state index in [-0.39, 0.29) is 30.3 Å². The van der Waals surface area contributed by atoms with E-state index in [1.807, 2.05) is 44.2 Å². The molecule has 3 amide bonds. The lowest BCUT2D eigenvalue weighted by atomic mass is 10.0. The first kappa shape index (κ1) is 23.6. The fourth-order valence-corrected chi connectivity index (χ4v) is 3.65. The molecule has 0 saturated carbocycles. The molecule has 32 heavy (non-hydrogen) atoms. The van der Waals surface area contributed by atoms with Gasteiger partial charge in [-0.1, -0.05) is 32.0 Å². The van der Waals surface area contributed by atoms with Gasteiger partial charge in [0, 0.05) is 31.2 Å². The van der Waals surface area contributed by atoms with Crippen molar-refractivity contribution in [2.24, 2.45) is 5.92 Å². The molecule has 7 nitrogen and oxygen atoms in total. The largest absolute Gasteiger partial charge is 0.457 e. The lowest BCUT2D eigenvalue weighted by Gasteiger charge is -2.22. The number of likely N-dealkylation sites (tertiary alicyclic amines) is 1. The van der Waals surface area contributed by atoms with E-state index < -0.39 is 0 Å². The van der Waals surface area contributed by atoms with Gasteiger partial charge < -0.3 is 25.6 Å². The normalized spacial score (nSPS) is 14.7. The van der Waals surface area contributed by atoms with Crippen LogP contribution >= 0.6 is 0 Å². The van der Waals surface area contributed by atoms with E-state index in [2.05, 4.69) is 20.9 Å². The highest BCUT2D eigenvalue weighted by atomic mass is 16.5. The Kier molecular flexibility index (Phi) is 8.92. The lowest BCUT2D eigenvalue weighted by Crippen LogP contribution is -2.44. The Bertz CT molecular complexity index is 849. The number of hydrogen-bond donors (Lipinski definition) is 3. The summed E-state index contributed by atoms with van der Waals surface area (Å²) in [7, 11) is 0. The van der Waals surface area contributed by atoms with E-state index in [0.717, 1.165) is 25.4 Å². The molecule has 3 rings (SSSR count). The third-order valence-electron chi connectivity index (χ3n) is 5.57. The number of carbonyl (C=O) groups is 2. The average Bonchev–Trinajstić information content (AvgIpc) is 3.29. The van der Waals surface area contributed by atoms with Crippen LogP contribution in [0.4, 0.5) is 10.5 Å². The number of urea groups is 1. The summed E-state index contributed by atoms with van der Waals surface area (Å²) >= 11 is 0. The number of benzene rings is 2. The zero-order chi connectivity index (χ0) is 22.8. The van der Waals surface area contributed by atoms with Crippen LogP contribution < -0.4 is 20.7 Å². The predicted molar refractivity (Wildman–Crippen MR) is 127 cm³/mol. The molecule has 1 fully saturated rings. The number of para-hydroxylation sites is 1. The Morgan fingerprint density at radius 2 is 1.62 bits per heavy atom. The van der Waals surface area contributed by atoms with E-state index in [1.165, 1.54) is 12.8 Å². The lowest BCUT2D eigenvalue weighted by molar-refractivity contribution is -0.121. The second kappa shape index (κ2) is 12.1. The predicted octanol–water partition coefficient (Wildman–Crippen LogP) is 4.23. The molecule has 0 bridgehead atoms. The highest BCUT2D eigenvalue weighted by Gasteiger charge is 2.20. The zero-order valence-corrected chi connectivity index (χ0v) is 19.0. The van der Waals surface area contributed by atoms with Crippen LogP contribution in [-0.4, -0.2) is 49.1 Å². The summed E-state index contributed by atoms with van der Waals surface area (Å²) in [6.07, 6.45) is 2.74. The first-order chi connectivity index (χ1) is 15.5. The van der Waals surface area contributed by atoms with Gasteiger partial charge in [-0.25, -0.2) is 4.79 Å². The minimum absolute atomic E-state index is 0.0365. The van der Waals surface area contributed by atoms with E-state index in [0.29, 0.717) is 18.0 Å². The maximum atomic E-state index is 12.5. The van der Waals surface area contributed by atoms with Crippen molar-refractivity contribution < 1.29 is 14.3 Å². The van der Waals surface area contributed by atoms with Gasteiger partial charge in [0.1, 0.15) is 11.5 Å². The molecular weight excluding hydrogens is 404 g/mol. The molecule has 172 valence electrons. The molecule has 1 aliphatic rings. The molecule has 1 unspecified atom stereocenters. The van der Waals surface area contributed by atoms with Gasteiger partial charge in [0.25, 0.3) is 0 Å². The Hall–Kier alpha value is -3.06. The van der Waals surface area contributed by atoms with Gasteiger partial charge in [-0.2, -0.15) is 0 Å². The third-order valence-corrected chi connectivity index (χ3v) is 5.57. The molecule has 1 saturated heterocycles. The van der Waals surface area contributed by atoms with Crippen LogP contribution in [0.2, 0.25) is 0 Å². The smallest absolute Gasteiger partial charge is 0.319 e. The van der Waals surface area contributed by atoms with Crippen molar-refractivity contribution in [2.45, 2.75) is 39.2 Å². The summed E-state index contributed by atoms with van der Waals surface area (Å²) < 4.78 is 5.77. The maximum Gasteiger partial charge on any atom is 0.319 e. The second-order valence-corrected chi connectivity index (χ2v) is 8.49. The van der Waals surface area contributed by atoms with Crippen LogP contribution in [0.3, 0.4) is 0 Å². The third kappa shape index (κ3) is 7.89. The Labute approximate surface area is 190 Å². The van der Waals surface area contributed by atoms with Crippen molar-refractivity contribution in [3.05, 3.63) is 54.6 Å². The molecule has 7 heteroatoms. The summed E-state index contributed by atoms with van der Waals surface area (Å²) in [4.78, 5) is 27.2. The fourth-order valence-electron chi connectivity index (χ4n) is 3.65. The van der Waals surface area contributed by atoms with Crippen molar-refractivity contribution >= 4 is 17.6 Å². The number of nitrogens with zero attached hydrogens (tertiary/aromatic N) is 1. The molecule has 0 aliphatic carbocycles. The van der Waals surface area contributed by atoms with Gasteiger partial charge >= 0.3 is 6.03 Å². The highest BCUT2D eigenvalue weighted by molar-refractivity contribution is 5.90. The van der Waals surface area contributed by atoms with E-state index >= 15 is 0 Å².